The molecule has 1 atom stereocenters. The van der Waals surface area contributed by atoms with Crippen molar-refractivity contribution in [2.24, 2.45) is 5.73 Å². The summed E-state index contributed by atoms with van der Waals surface area (Å²) in [6.45, 7) is 4.02. The zero-order valence-electron chi connectivity index (χ0n) is 7.82. The molecule has 3 nitrogen and oxygen atoms in total. The quantitative estimate of drug-likeness (QED) is 0.550. The van der Waals surface area contributed by atoms with Crippen molar-refractivity contribution in [2.75, 3.05) is 11.5 Å². The van der Waals surface area contributed by atoms with Crippen molar-refractivity contribution in [3.05, 3.63) is 11.6 Å². The molecule has 5 heteroatoms. The van der Waals surface area contributed by atoms with E-state index in [-0.39, 0.29) is 12.4 Å². The summed E-state index contributed by atoms with van der Waals surface area (Å²) in [6, 6.07) is -0.736. The molecule has 0 aliphatic heterocycles. The molecular weight excluding hydrogens is 210 g/mol. The molecule has 78 valence electrons. The van der Waals surface area contributed by atoms with E-state index in [4.69, 9.17) is 10.8 Å². The average molecular weight is 226 g/mol. The van der Waals surface area contributed by atoms with E-state index in [2.05, 4.69) is 6.08 Å². The Morgan fingerprint density at radius 1 is 1.62 bits per heavy atom. The largest absolute Gasteiger partial charge is 0.480 e. The van der Waals surface area contributed by atoms with Crippen LogP contribution in [0.1, 0.15) is 13.8 Å². The molecule has 0 radical (unpaired) electrons. The Kier molecular flexibility index (Phi) is 9.89. The molecular formula is C8H16ClNO2S. The van der Waals surface area contributed by atoms with E-state index in [1.165, 1.54) is 17.3 Å². The number of hydrogen-bond donors (Lipinski definition) is 2. The number of aliphatic carboxylic acids is 1. The summed E-state index contributed by atoms with van der Waals surface area (Å²) < 4.78 is 0. The first-order chi connectivity index (χ1) is 5.54. The first-order valence-corrected chi connectivity index (χ1v) is 4.89. The SMILES string of the molecule is CC(C)=CCSCC(N)C(=O)O.Cl. The lowest BCUT2D eigenvalue weighted by Crippen LogP contribution is -2.32. The molecule has 0 rings (SSSR count). The van der Waals surface area contributed by atoms with E-state index in [0.29, 0.717) is 5.75 Å². The highest BCUT2D eigenvalue weighted by atomic mass is 35.5. The first kappa shape index (κ1) is 15.3. The molecule has 13 heavy (non-hydrogen) atoms. The highest BCUT2D eigenvalue weighted by Crippen LogP contribution is 2.03. The molecule has 0 saturated carbocycles. The van der Waals surface area contributed by atoms with Crippen LogP contribution in [0.25, 0.3) is 0 Å². The maximum atomic E-state index is 10.3. The van der Waals surface area contributed by atoms with Crippen molar-refractivity contribution < 1.29 is 9.90 Å². The van der Waals surface area contributed by atoms with Gasteiger partial charge in [0.05, 0.1) is 0 Å². The molecule has 0 aliphatic rings. The minimum atomic E-state index is -0.931. The highest BCUT2D eigenvalue weighted by Gasteiger charge is 2.09. The molecule has 1 unspecified atom stereocenters. The van der Waals surface area contributed by atoms with Gasteiger partial charge in [-0.1, -0.05) is 11.6 Å². The Hall–Kier alpha value is -0.190. The van der Waals surface area contributed by atoms with Crippen LogP contribution in [0.5, 0.6) is 0 Å². The van der Waals surface area contributed by atoms with Crippen molar-refractivity contribution in [1.29, 1.82) is 0 Å². The number of allylic oxidation sites excluding steroid dienone is 1. The number of carbonyl (C=O) groups is 1. The summed E-state index contributed by atoms with van der Waals surface area (Å²) in [4.78, 5) is 10.3. The number of thioether (sulfide) groups is 1. The van der Waals surface area contributed by atoms with Crippen LogP contribution in [0.3, 0.4) is 0 Å². The second kappa shape index (κ2) is 8.41. The Labute approximate surface area is 89.2 Å². The predicted molar refractivity (Wildman–Crippen MR) is 59.6 cm³/mol. The standard InChI is InChI=1S/C8H15NO2S.ClH/c1-6(2)3-4-12-5-7(9)8(10)11;/h3,7H,4-5,9H2,1-2H3,(H,10,11);1H. The summed E-state index contributed by atoms with van der Waals surface area (Å²) >= 11 is 1.54. The van der Waals surface area contributed by atoms with E-state index < -0.39 is 12.0 Å². The summed E-state index contributed by atoms with van der Waals surface area (Å²) in [7, 11) is 0. The molecule has 0 amide bonds. The van der Waals surface area contributed by atoms with Gasteiger partial charge in [0.2, 0.25) is 0 Å². The van der Waals surface area contributed by atoms with Gasteiger partial charge in [-0.25, -0.2) is 0 Å². The molecule has 0 aromatic carbocycles. The van der Waals surface area contributed by atoms with Gasteiger partial charge in [-0.2, -0.15) is 11.8 Å². The van der Waals surface area contributed by atoms with E-state index >= 15 is 0 Å². The normalized spacial score (nSPS) is 11.3. The van der Waals surface area contributed by atoms with E-state index in [1.54, 1.807) is 0 Å². The van der Waals surface area contributed by atoms with Gasteiger partial charge in [0.15, 0.2) is 0 Å². The second-order valence-corrected chi connectivity index (χ2v) is 3.84. The molecule has 0 spiro atoms. The molecule has 0 bridgehead atoms. The Balaban J connectivity index is 0. The van der Waals surface area contributed by atoms with Gasteiger partial charge in [0, 0.05) is 11.5 Å². The second-order valence-electron chi connectivity index (χ2n) is 2.76. The van der Waals surface area contributed by atoms with Crippen LogP contribution in [0.2, 0.25) is 0 Å². The molecule has 0 aromatic heterocycles. The minimum absolute atomic E-state index is 0. The van der Waals surface area contributed by atoms with Crippen LogP contribution in [0.4, 0.5) is 0 Å². The molecule has 0 heterocycles. The number of nitrogens with two attached hydrogens (primary N) is 1. The van der Waals surface area contributed by atoms with Crippen LogP contribution in [-0.4, -0.2) is 28.6 Å². The van der Waals surface area contributed by atoms with Gasteiger partial charge in [0.1, 0.15) is 6.04 Å². The van der Waals surface area contributed by atoms with Crippen molar-refractivity contribution in [2.45, 2.75) is 19.9 Å². The third-order valence-electron chi connectivity index (χ3n) is 1.22. The van der Waals surface area contributed by atoms with Gasteiger partial charge in [0.25, 0.3) is 0 Å². The molecule has 0 aromatic rings. The lowest BCUT2D eigenvalue weighted by molar-refractivity contribution is -0.137. The summed E-state index contributed by atoms with van der Waals surface area (Å²) in [6.07, 6.45) is 2.05. The van der Waals surface area contributed by atoms with E-state index in [1.807, 2.05) is 13.8 Å². The third kappa shape index (κ3) is 9.73. The fourth-order valence-electron chi connectivity index (χ4n) is 0.492. The van der Waals surface area contributed by atoms with Gasteiger partial charge >= 0.3 is 5.97 Å². The topological polar surface area (TPSA) is 63.3 Å². The van der Waals surface area contributed by atoms with Crippen LogP contribution in [0, 0.1) is 0 Å². The lowest BCUT2D eigenvalue weighted by atomic mass is 10.3. The summed E-state index contributed by atoms with van der Waals surface area (Å²) in [5, 5.41) is 8.44. The lowest BCUT2D eigenvalue weighted by Gasteiger charge is -2.03. The molecule has 3 N–H and O–H groups in total. The number of carboxylic acids is 1. The van der Waals surface area contributed by atoms with Crippen LogP contribution >= 0.6 is 24.2 Å². The van der Waals surface area contributed by atoms with Crippen LogP contribution < -0.4 is 5.73 Å². The fourth-order valence-corrected chi connectivity index (χ4v) is 1.48. The average Bonchev–Trinajstić information content (AvgIpc) is 1.97. The fraction of sp³-hybridized carbons (Fsp3) is 0.625. The van der Waals surface area contributed by atoms with Crippen molar-refractivity contribution in [3.63, 3.8) is 0 Å². The number of halogens is 1. The van der Waals surface area contributed by atoms with Gasteiger partial charge in [-0.3, -0.25) is 4.79 Å². The summed E-state index contributed by atoms with van der Waals surface area (Å²) in [5.41, 5.74) is 6.53. The smallest absolute Gasteiger partial charge is 0.321 e. The Morgan fingerprint density at radius 3 is 2.54 bits per heavy atom. The van der Waals surface area contributed by atoms with Crippen molar-refractivity contribution >= 4 is 30.1 Å². The zero-order chi connectivity index (χ0) is 9.56. The maximum absolute atomic E-state index is 10.3. The molecule has 0 saturated heterocycles. The number of hydrogen-bond acceptors (Lipinski definition) is 3. The van der Waals surface area contributed by atoms with Gasteiger partial charge < -0.3 is 10.8 Å². The summed E-state index contributed by atoms with van der Waals surface area (Å²) in [5.74, 6) is 0.377. The van der Waals surface area contributed by atoms with Gasteiger partial charge in [-0.05, 0) is 13.8 Å². The van der Waals surface area contributed by atoms with Crippen molar-refractivity contribution in [1.82, 2.24) is 0 Å². The van der Waals surface area contributed by atoms with E-state index in [9.17, 15) is 4.79 Å². The molecule has 0 fully saturated rings. The van der Waals surface area contributed by atoms with Crippen LogP contribution in [-0.2, 0) is 4.79 Å². The number of rotatable bonds is 5. The zero-order valence-corrected chi connectivity index (χ0v) is 9.45. The maximum Gasteiger partial charge on any atom is 0.321 e. The molecule has 0 aliphatic carbocycles. The van der Waals surface area contributed by atoms with Crippen molar-refractivity contribution in [3.8, 4) is 0 Å². The Bertz CT molecular complexity index is 181. The minimum Gasteiger partial charge on any atom is -0.480 e. The Morgan fingerprint density at radius 2 is 2.15 bits per heavy atom. The van der Waals surface area contributed by atoms with Gasteiger partial charge in [-0.15, -0.1) is 12.4 Å². The highest BCUT2D eigenvalue weighted by molar-refractivity contribution is 7.99. The van der Waals surface area contributed by atoms with Crippen LogP contribution in [0.15, 0.2) is 11.6 Å². The van der Waals surface area contributed by atoms with E-state index in [0.717, 1.165) is 5.75 Å². The number of carboxylic acid groups (broad SMARTS) is 1. The first-order valence-electron chi connectivity index (χ1n) is 3.73. The monoisotopic (exact) mass is 225 g/mol. The predicted octanol–water partition coefficient (Wildman–Crippen LogP) is 1.52. The third-order valence-corrected chi connectivity index (χ3v) is 2.22.